The Hall–Kier alpha value is -3.47. The standard InChI is InChI=1S/C23H21NO4/c1-3-27-23(25)20-19(16-10-6-7-11-18(16)26-2)17-13-12-14-8-4-5-9-15(14)21(17)28-22(20)24/h4-13,19H,3,24H2,1-2H3. The monoisotopic (exact) mass is 375 g/mol. The Balaban J connectivity index is 2.01. The van der Waals surface area contributed by atoms with Gasteiger partial charge in [0.05, 0.1) is 19.6 Å². The summed E-state index contributed by atoms with van der Waals surface area (Å²) in [6.07, 6.45) is 0. The van der Waals surface area contributed by atoms with Crippen molar-refractivity contribution in [3.8, 4) is 11.5 Å². The first kappa shape index (κ1) is 17.9. The number of methoxy groups -OCH3 is 1. The fourth-order valence-corrected chi connectivity index (χ4v) is 3.72. The number of esters is 1. The van der Waals surface area contributed by atoms with Crippen molar-refractivity contribution < 1.29 is 19.0 Å². The molecular formula is C23H21NO4. The van der Waals surface area contributed by atoms with Gasteiger partial charge >= 0.3 is 5.97 Å². The number of benzene rings is 3. The summed E-state index contributed by atoms with van der Waals surface area (Å²) in [6, 6.07) is 19.5. The Morgan fingerprint density at radius 2 is 1.79 bits per heavy atom. The van der Waals surface area contributed by atoms with Gasteiger partial charge < -0.3 is 19.9 Å². The minimum absolute atomic E-state index is 0.0539. The number of fused-ring (bicyclic) bond motifs is 3. The summed E-state index contributed by atoms with van der Waals surface area (Å²) < 4.78 is 16.8. The van der Waals surface area contributed by atoms with Crippen LogP contribution in [0.3, 0.4) is 0 Å². The molecule has 142 valence electrons. The molecule has 3 aromatic carbocycles. The molecule has 5 heteroatoms. The molecule has 1 unspecified atom stereocenters. The van der Waals surface area contributed by atoms with Crippen LogP contribution in [0.25, 0.3) is 10.8 Å². The average molecular weight is 375 g/mol. The quantitative estimate of drug-likeness (QED) is 0.695. The van der Waals surface area contributed by atoms with E-state index in [1.165, 1.54) is 0 Å². The second kappa shape index (κ2) is 7.27. The smallest absolute Gasteiger partial charge is 0.340 e. The molecule has 1 aliphatic rings. The molecule has 0 aliphatic carbocycles. The predicted molar refractivity (Wildman–Crippen MR) is 107 cm³/mol. The van der Waals surface area contributed by atoms with E-state index in [1.807, 2.05) is 60.7 Å². The molecular weight excluding hydrogens is 354 g/mol. The van der Waals surface area contributed by atoms with Crippen LogP contribution in [0, 0.1) is 0 Å². The van der Waals surface area contributed by atoms with E-state index in [-0.39, 0.29) is 18.1 Å². The third-order valence-corrected chi connectivity index (χ3v) is 4.93. The molecule has 5 nitrogen and oxygen atoms in total. The van der Waals surface area contributed by atoms with Crippen LogP contribution in [-0.2, 0) is 9.53 Å². The van der Waals surface area contributed by atoms with Crippen molar-refractivity contribution in [2.45, 2.75) is 12.8 Å². The maximum atomic E-state index is 12.8. The molecule has 2 N–H and O–H groups in total. The van der Waals surface area contributed by atoms with E-state index in [2.05, 4.69) is 0 Å². The molecule has 1 aliphatic heterocycles. The van der Waals surface area contributed by atoms with Crippen molar-refractivity contribution in [2.75, 3.05) is 13.7 Å². The van der Waals surface area contributed by atoms with Gasteiger partial charge in [-0.1, -0.05) is 54.6 Å². The largest absolute Gasteiger partial charge is 0.496 e. The third-order valence-electron chi connectivity index (χ3n) is 4.93. The second-order valence-corrected chi connectivity index (χ2v) is 6.48. The van der Waals surface area contributed by atoms with E-state index in [9.17, 15) is 4.79 Å². The van der Waals surface area contributed by atoms with Crippen molar-refractivity contribution in [2.24, 2.45) is 5.73 Å². The fourth-order valence-electron chi connectivity index (χ4n) is 3.72. The molecule has 4 rings (SSSR count). The molecule has 1 heterocycles. The number of para-hydroxylation sites is 1. The van der Waals surface area contributed by atoms with Gasteiger partial charge in [0, 0.05) is 16.5 Å². The molecule has 0 aromatic heterocycles. The topological polar surface area (TPSA) is 70.8 Å². The normalized spacial score (nSPS) is 15.7. The van der Waals surface area contributed by atoms with Crippen LogP contribution in [0.2, 0.25) is 0 Å². The minimum atomic E-state index is -0.491. The van der Waals surface area contributed by atoms with Gasteiger partial charge in [-0.05, 0) is 18.4 Å². The lowest BCUT2D eigenvalue weighted by Crippen LogP contribution is -2.27. The summed E-state index contributed by atoms with van der Waals surface area (Å²) in [4.78, 5) is 12.8. The van der Waals surface area contributed by atoms with E-state index in [1.54, 1.807) is 14.0 Å². The van der Waals surface area contributed by atoms with Crippen molar-refractivity contribution >= 4 is 16.7 Å². The van der Waals surface area contributed by atoms with Crippen LogP contribution in [0.1, 0.15) is 24.0 Å². The molecule has 1 atom stereocenters. The molecule has 0 saturated heterocycles. The van der Waals surface area contributed by atoms with Gasteiger partial charge in [0.2, 0.25) is 5.88 Å². The van der Waals surface area contributed by atoms with E-state index in [4.69, 9.17) is 19.9 Å². The molecule has 0 radical (unpaired) electrons. The number of ether oxygens (including phenoxy) is 3. The Kier molecular flexibility index (Phi) is 4.65. The number of hydrogen-bond acceptors (Lipinski definition) is 5. The van der Waals surface area contributed by atoms with Crippen molar-refractivity contribution in [3.05, 3.63) is 83.2 Å². The fraction of sp³-hybridized carbons (Fsp3) is 0.174. The van der Waals surface area contributed by atoms with Gasteiger partial charge in [0.25, 0.3) is 0 Å². The van der Waals surface area contributed by atoms with E-state index < -0.39 is 11.9 Å². The molecule has 3 aromatic rings. The minimum Gasteiger partial charge on any atom is -0.496 e. The van der Waals surface area contributed by atoms with Crippen LogP contribution in [0.4, 0.5) is 0 Å². The highest BCUT2D eigenvalue weighted by atomic mass is 16.5. The van der Waals surface area contributed by atoms with Crippen molar-refractivity contribution in [3.63, 3.8) is 0 Å². The molecule has 0 amide bonds. The van der Waals surface area contributed by atoms with Crippen LogP contribution in [0.5, 0.6) is 11.5 Å². The van der Waals surface area contributed by atoms with Crippen LogP contribution in [-0.4, -0.2) is 19.7 Å². The van der Waals surface area contributed by atoms with Crippen LogP contribution in [0.15, 0.2) is 72.1 Å². The number of hydrogen-bond donors (Lipinski definition) is 1. The number of nitrogens with two attached hydrogens (primary N) is 1. The molecule has 0 saturated carbocycles. The molecule has 0 bridgehead atoms. The summed E-state index contributed by atoms with van der Waals surface area (Å²) in [5, 5.41) is 1.97. The average Bonchev–Trinajstić information content (AvgIpc) is 2.72. The van der Waals surface area contributed by atoms with Gasteiger partial charge in [0.1, 0.15) is 17.1 Å². The lowest BCUT2D eigenvalue weighted by atomic mass is 9.81. The first-order valence-electron chi connectivity index (χ1n) is 9.14. The summed E-state index contributed by atoms with van der Waals surface area (Å²) in [5.74, 6) is 0.430. The van der Waals surface area contributed by atoms with Gasteiger partial charge in [0.15, 0.2) is 0 Å². The maximum Gasteiger partial charge on any atom is 0.340 e. The zero-order valence-corrected chi connectivity index (χ0v) is 15.8. The first-order valence-corrected chi connectivity index (χ1v) is 9.14. The van der Waals surface area contributed by atoms with Crippen LogP contribution < -0.4 is 15.2 Å². The van der Waals surface area contributed by atoms with Crippen molar-refractivity contribution in [1.82, 2.24) is 0 Å². The van der Waals surface area contributed by atoms with Gasteiger partial charge in [-0.15, -0.1) is 0 Å². The van der Waals surface area contributed by atoms with Crippen molar-refractivity contribution in [1.29, 1.82) is 0 Å². The maximum absolute atomic E-state index is 12.8. The zero-order valence-electron chi connectivity index (χ0n) is 15.8. The Bertz CT molecular complexity index is 1090. The number of rotatable bonds is 4. The predicted octanol–water partition coefficient (Wildman–Crippen LogP) is 4.11. The zero-order chi connectivity index (χ0) is 19.7. The summed E-state index contributed by atoms with van der Waals surface area (Å²) in [6.45, 7) is 2.01. The van der Waals surface area contributed by atoms with Gasteiger partial charge in [-0.3, -0.25) is 0 Å². The Morgan fingerprint density at radius 1 is 1.04 bits per heavy atom. The number of carbonyl (C=O) groups excluding carboxylic acids is 1. The van der Waals surface area contributed by atoms with E-state index in [0.29, 0.717) is 11.5 Å². The highest BCUT2D eigenvalue weighted by molar-refractivity contribution is 5.96. The van der Waals surface area contributed by atoms with Crippen LogP contribution >= 0.6 is 0 Å². The summed E-state index contributed by atoms with van der Waals surface area (Å²) in [7, 11) is 1.61. The van der Waals surface area contributed by atoms with E-state index in [0.717, 1.165) is 21.9 Å². The first-order chi connectivity index (χ1) is 13.7. The van der Waals surface area contributed by atoms with Gasteiger partial charge in [-0.2, -0.15) is 0 Å². The second-order valence-electron chi connectivity index (χ2n) is 6.48. The SMILES string of the molecule is CCOC(=O)C1=C(N)Oc2c(ccc3ccccc23)C1c1ccccc1OC. The lowest BCUT2D eigenvalue weighted by molar-refractivity contribution is -0.139. The Morgan fingerprint density at radius 3 is 2.57 bits per heavy atom. The molecule has 0 spiro atoms. The highest BCUT2D eigenvalue weighted by Gasteiger charge is 2.37. The van der Waals surface area contributed by atoms with E-state index >= 15 is 0 Å². The Labute approximate surface area is 163 Å². The lowest BCUT2D eigenvalue weighted by Gasteiger charge is -2.30. The molecule has 28 heavy (non-hydrogen) atoms. The molecule has 0 fully saturated rings. The highest BCUT2D eigenvalue weighted by Crippen LogP contribution is 2.47. The third kappa shape index (κ3) is 2.85. The van der Waals surface area contributed by atoms with Gasteiger partial charge in [-0.25, -0.2) is 4.79 Å². The summed E-state index contributed by atoms with van der Waals surface area (Å²) in [5.41, 5.74) is 8.21. The summed E-state index contributed by atoms with van der Waals surface area (Å²) >= 11 is 0. The number of carbonyl (C=O) groups is 1.